The van der Waals surface area contributed by atoms with Crippen molar-refractivity contribution in [3.63, 3.8) is 0 Å². The monoisotopic (exact) mass is 393 g/mol. The van der Waals surface area contributed by atoms with Crippen molar-refractivity contribution in [2.45, 2.75) is 32.1 Å². The fourth-order valence-corrected chi connectivity index (χ4v) is 2.23. The zero-order chi connectivity index (χ0) is 19.5. The van der Waals surface area contributed by atoms with Crippen LogP contribution in [0.3, 0.4) is 0 Å². The normalized spacial score (nSPS) is 10.9. The van der Waals surface area contributed by atoms with E-state index in [1.54, 1.807) is 24.3 Å². The number of carboxylic acids is 1. The van der Waals surface area contributed by atoms with Crippen LogP contribution in [0.4, 0.5) is 4.79 Å². The number of rotatable bonds is 9. The van der Waals surface area contributed by atoms with Crippen LogP contribution in [0.25, 0.3) is 0 Å². The first kappa shape index (κ1) is 23.7. The van der Waals surface area contributed by atoms with Crippen LogP contribution in [0.15, 0.2) is 60.7 Å². The van der Waals surface area contributed by atoms with Crippen molar-refractivity contribution >= 4 is 18.0 Å². The average Bonchev–Trinajstić information content (AvgIpc) is 2.69. The molecule has 7 nitrogen and oxygen atoms in total. The molecule has 8 heteroatoms. The van der Waals surface area contributed by atoms with Crippen molar-refractivity contribution in [1.29, 1.82) is 0 Å². The van der Waals surface area contributed by atoms with Gasteiger partial charge in [0.05, 0.1) is 12.0 Å². The average molecular weight is 393 g/mol. The third-order valence-corrected chi connectivity index (χ3v) is 3.67. The van der Waals surface area contributed by atoms with E-state index in [0.717, 1.165) is 11.1 Å². The molecular weight excluding hydrogens is 373 g/mol. The van der Waals surface area contributed by atoms with Gasteiger partial charge in [-0.05, 0) is 17.5 Å². The first-order chi connectivity index (χ1) is 13.0. The number of nitrogens with one attached hydrogen (secondary N) is 1. The van der Waals surface area contributed by atoms with Crippen LogP contribution < -0.4 is 40.0 Å². The molecule has 28 heavy (non-hydrogen) atoms. The van der Waals surface area contributed by atoms with Gasteiger partial charge in [-0.3, -0.25) is 4.79 Å². The largest absolute Gasteiger partial charge is 1.00 e. The Labute approximate surface area is 185 Å². The van der Waals surface area contributed by atoms with E-state index in [0.29, 0.717) is 0 Å². The molecule has 0 aliphatic heterocycles. The molecule has 1 N–H and O–H groups in total. The van der Waals surface area contributed by atoms with Crippen LogP contribution in [-0.2, 0) is 32.3 Å². The topological polar surface area (TPSA) is 105 Å². The fraction of sp³-hybridized carbons (Fsp3) is 0.250. The molecule has 2 aromatic carbocycles. The minimum absolute atomic E-state index is 0. The molecule has 0 bridgehead atoms. The number of alkyl carbamates (subject to hydrolysis) is 1. The summed E-state index contributed by atoms with van der Waals surface area (Å²) in [4.78, 5) is 34.7. The summed E-state index contributed by atoms with van der Waals surface area (Å²) in [5, 5.41) is 13.4. The molecular formula is C20H20NNaO6. The van der Waals surface area contributed by atoms with Gasteiger partial charge in [-0.15, -0.1) is 0 Å². The van der Waals surface area contributed by atoms with Gasteiger partial charge >= 0.3 is 41.6 Å². The van der Waals surface area contributed by atoms with Gasteiger partial charge in [-0.2, -0.15) is 0 Å². The molecule has 2 rings (SSSR count). The molecule has 1 amide bonds. The van der Waals surface area contributed by atoms with Gasteiger partial charge in [-0.25, -0.2) is 4.79 Å². The number of amides is 1. The van der Waals surface area contributed by atoms with Crippen LogP contribution in [-0.4, -0.2) is 24.1 Å². The number of esters is 1. The summed E-state index contributed by atoms with van der Waals surface area (Å²) >= 11 is 0. The Bertz CT molecular complexity index is 754. The van der Waals surface area contributed by atoms with E-state index in [1.165, 1.54) is 0 Å². The number of carboxylic acid groups (broad SMARTS) is 1. The van der Waals surface area contributed by atoms with Crippen molar-refractivity contribution < 1.29 is 58.5 Å². The van der Waals surface area contributed by atoms with E-state index in [9.17, 15) is 19.5 Å². The van der Waals surface area contributed by atoms with Gasteiger partial charge < -0.3 is 24.7 Å². The fourth-order valence-electron chi connectivity index (χ4n) is 2.23. The maximum absolute atomic E-state index is 11.8. The molecule has 0 radical (unpaired) electrons. The van der Waals surface area contributed by atoms with Crippen LogP contribution in [0.2, 0.25) is 0 Å². The first-order valence-electron chi connectivity index (χ1n) is 8.42. The molecule has 0 aliphatic rings. The Balaban J connectivity index is 0.00000392. The van der Waals surface area contributed by atoms with Crippen LogP contribution in [0.1, 0.15) is 24.0 Å². The Hall–Kier alpha value is -2.35. The van der Waals surface area contributed by atoms with Gasteiger partial charge in [-0.1, -0.05) is 60.7 Å². The summed E-state index contributed by atoms with van der Waals surface area (Å²) in [6.07, 6.45) is -1.23. The van der Waals surface area contributed by atoms with Gasteiger partial charge in [0.2, 0.25) is 0 Å². The third-order valence-electron chi connectivity index (χ3n) is 3.67. The van der Waals surface area contributed by atoms with E-state index in [4.69, 9.17) is 9.47 Å². The van der Waals surface area contributed by atoms with E-state index < -0.39 is 24.1 Å². The summed E-state index contributed by atoms with van der Waals surface area (Å²) in [5.41, 5.74) is 1.59. The number of aliphatic carboxylic acids is 1. The van der Waals surface area contributed by atoms with E-state index in [-0.39, 0.29) is 55.6 Å². The number of hydrogen-bond donors (Lipinski definition) is 1. The molecule has 0 fully saturated rings. The second-order valence-electron chi connectivity index (χ2n) is 5.76. The SMILES string of the molecule is O=C(CC[C@@H](NC(=O)OCc1ccccc1)C(=O)[O-])OCc1ccccc1.[Na+]. The zero-order valence-electron chi connectivity index (χ0n) is 15.6. The standard InChI is InChI=1S/C20H21NO6.Na/c22-18(26-13-15-7-3-1-4-8-15)12-11-17(19(23)24)21-20(25)27-14-16-9-5-2-6-10-16;/h1-10,17H,11-14H2,(H,21,25)(H,23,24);/q;+1/p-1/t17-;/m1./s1. The quantitative estimate of drug-likeness (QED) is 0.413. The molecule has 0 aliphatic carbocycles. The van der Waals surface area contributed by atoms with Crippen molar-refractivity contribution in [2.75, 3.05) is 0 Å². The minimum Gasteiger partial charge on any atom is -0.548 e. The number of hydrogen-bond acceptors (Lipinski definition) is 6. The Morgan fingerprint density at radius 3 is 1.86 bits per heavy atom. The third kappa shape index (κ3) is 9.03. The molecule has 1 atom stereocenters. The molecule has 0 unspecified atom stereocenters. The van der Waals surface area contributed by atoms with E-state index in [2.05, 4.69) is 5.32 Å². The maximum Gasteiger partial charge on any atom is 1.00 e. The smallest absolute Gasteiger partial charge is 0.548 e. The predicted octanol–water partition coefficient (Wildman–Crippen LogP) is -1.44. The van der Waals surface area contributed by atoms with E-state index in [1.807, 2.05) is 36.4 Å². The summed E-state index contributed by atoms with van der Waals surface area (Å²) in [7, 11) is 0. The number of carbonyl (C=O) groups excluding carboxylic acids is 3. The first-order valence-corrected chi connectivity index (χ1v) is 8.42. The molecule has 142 valence electrons. The Kier molecular flexibility index (Phi) is 10.9. The number of benzene rings is 2. The Morgan fingerprint density at radius 1 is 0.857 bits per heavy atom. The molecule has 0 aromatic heterocycles. The maximum atomic E-state index is 11.8. The number of carbonyl (C=O) groups is 3. The van der Waals surface area contributed by atoms with Crippen LogP contribution in [0.5, 0.6) is 0 Å². The molecule has 0 spiro atoms. The van der Waals surface area contributed by atoms with Crippen molar-refractivity contribution in [2.24, 2.45) is 0 Å². The summed E-state index contributed by atoms with van der Waals surface area (Å²) in [6, 6.07) is 16.7. The molecule has 0 saturated heterocycles. The van der Waals surface area contributed by atoms with Crippen molar-refractivity contribution in [3.8, 4) is 0 Å². The van der Waals surface area contributed by atoms with Gasteiger partial charge in [0, 0.05) is 6.42 Å². The molecule has 0 saturated carbocycles. The minimum atomic E-state index is -1.50. The molecule has 2 aromatic rings. The summed E-state index contributed by atoms with van der Waals surface area (Å²) < 4.78 is 10.0. The predicted molar refractivity (Wildman–Crippen MR) is 94.0 cm³/mol. The Morgan fingerprint density at radius 2 is 1.36 bits per heavy atom. The van der Waals surface area contributed by atoms with Crippen molar-refractivity contribution in [1.82, 2.24) is 5.32 Å². The van der Waals surface area contributed by atoms with Crippen molar-refractivity contribution in [3.05, 3.63) is 71.8 Å². The van der Waals surface area contributed by atoms with Crippen LogP contribution in [0, 0.1) is 0 Å². The molecule has 0 heterocycles. The van der Waals surface area contributed by atoms with Crippen LogP contribution >= 0.6 is 0 Å². The second-order valence-corrected chi connectivity index (χ2v) is 5.76. The van der Waals surface area contributed by atoms with E-state index >= 15 is 0 Å². The van der Waals surface area contributed by atoms with Gasteiger partial charge in [0.25, 0.3) is 0 Å². The summed E-state index contributed by atoms with van der Waals surface area (Å²) in [5.74, 6) is -2.06. The van der Waals surface area contributed by atoms with Gasteiger partial charge in [0.15, 0.2) is 0 Å². The second kappa shape index (κ2) is 12.9. The zero-order valence-corrected chi connectivity index (χ0v) is 17.6. The number of ether oxygens (including phenoxy) is 2. The van der Waals surface area contributed by atoms with Gasteiger partial charge in [0.1, 0.15) is 13.2 Å². The summed E-state index contributed by atoms with van der Waals surface area (Å²) in [6.45, 7) is 0.105.